The van der Waals surface area contributed by atoms with E-state index in [1.807, 2.05) is 50.2 Å². The molecule has 3 aromatic rings. The van der Waals surface area contributed by atoms with Gasteiger partial charge in [0.05, 0.1) is 11.3 Å². The molecule has 144 valence electrons. The number of carbonyl (C=O) groups is 1. The van der Waals surface area contributed by atoms with Crippen molar-refractivity contribution in [2.75, 3.05) is 10.0 Å². The van der Waals surface area contributed by atoms with Crippen molar-refractivity contribution >= 4 is 27.3 Å². The quantitative estimate of drug-likeness (QED) is 0.655. The van der Waals surface area contributed by atoms with E-state index in [0.29, 0.717) is 11.4 Å². The lowest BCUT2D eigenvalue weighted by Crippen LogP contribution is -2.15. The number of aryl methyl sites for hydroxylation is 2. The lowest BCUT2D eigenvalue weighted by molar-refractivity contribution is -0.115. The topological polar surface area (TPSA) is 75.3 Å². The predicted octanol–water partition coefficient (Wildman–Crippen LogP) is 4.29. The maximum atomic E-state index is 12.6. The number of anilines is 2. The molecule has 0 saturated heterocycles. The number of amides is 1. The van der Waals surface area contributed by atoms with Crippen LogP contribution in [0.1, 0.15) is 16.7 Å². The molecule has 0 unspecified atom stereocenters. The predicted molar refractivity (Wildman–Crippen MR) is 112 cm³/mol. The average molecular weight is 394 g/mol. The van der Waals surface area contributed by atoms with E-state index < -0.39 is 10.0 Å². The van der Waals surface area contributed by atoms with Gasteiger partial charge in [-0.25, -0.2) is 8.42 Å². The van der Waals surface area contributed by atoms with Crippen LogP contribution in [0, 0.1) is 13.8 Å². The number of benzene rings is 3. The summed E-state index contributed by atoms with van der Waals surface area (Å²) in [5, 5.41) is 2.78. The number of carbonyl (C=O) groups excluding carboxylic acids is 1. The number of hydrogen-bond donors (Lipinski definition) is 2. The van der Waals surface area contributed by atoms with Crippen LogP contribution >= 0.6 is 0 Å². The molecule has 0 saturated carbocycles. The lowest BCUT2D eigenvalue weighted by atomic mass is 10.1. The summed E-state index contributed by atoms with van der Waals surface area (Å²) in [6.07, 6.45) is 0.259. The molecule has 0 spiro atoms. The molecule has 28 heavy (non-hydrogen) atoms. The summed E-state index contributed by atoms with van der Waals surface area (Å²) in [5.41, 5.74) is 4.08. The Kier molecular flexibility index (Phi) is 5.80. The Morgan fingerprint density at radius 1 is 0.821 bits per heavy atom. The molecule has 3 rings (SSSR count). The zero-order valence-electron chi connectivity index (χ0n) is 15.8. The SMILES string of the molecule is Cc1ccc(NS(=O)(=O)c2ccc(NC(=O)Cc3ccccc3)cc2)cc1C. The van der Waals surface area contributed by atoms with Crippen LogP contribution in [0.15, 0.2) is 77.7 Å². The monoisotopic (exact) mass is 394 g/mol. The second-order valence-corrected chi connectivity index (χ2v) is 8.32. The van der Waals surface area contributed by atoms with Gasteiger partial charge in [0.2, 0.25) is 5.91 Å². The van der Waals surface area contributed by atoms with Crippen LogP contribution in [0.4, 0.5) is 11.4 Å². The summed E-state index contributed by atoms with van der Waals surface area (Å²) in [6.45, 7) is 3.90. The zero-order valence-corrected chi connectivity index (χ0v) is 16.6. The van der Waals surface area contributed by atoms with Crippen LogP contribution in [0.2, 0.25) is 0 Å². The first-order valence-corrected chi connectivity index (χ1v) is 10.4. The van der Waals surface area contributed by atoms with E-state index in [-0.39, 0.29) is 17.2 Å². The van der Waals surface area contributed by atoms with Crippen molar-refractivity contribution in [3.63, 3.8) is 0 Å². The minimum atomic E-state index is -3.70. The molecule has 0 aliphatic rings. The first-order valence-electron chi connectivity index (χ1n) is 8.87. The minimum absolute atomic E-state index is 0.131. The summed E-state index contributed by atoms with van der Waals surface area (Å²) in [5.74, 6) is -0.157. The van der Waals surface area contributed by atoms with E-state index in [1.54, 1.807) is 24.3 Å². The van der Waals surface area contributed by atoms with Crippen LogP contribution in [0.5, 0.6) is 0 Å². The summed E-state index contributed by atoms with van der Waals surface area (Å²) in [4.78, 5) is 12.3. The van der Waals surface area contributed by atoms with Crippen molar-refractivity contribution in [1.82, 2.24) is 0 Å². The van der Waals surface area contributed by atoms with Gasteiger partial charge in [0.15, 0.2) is 0 Å². The normalized spacial score (nSPS) is 11.1. The number of rotatable bonds is 6. The summed E-state index contributed by atoms with van der Waals surface area (Å²) >= 11 is 0. The highest BCUT2D eigenvalue weighted by atomic mass is 32.2. The lowest BCUT2D eigenvalue weighted by Gasteiger charge is -2.11. The molecule has 5 nitrogen and oxygen atoms in total. The third-order valence-electron chi connectivity index (χ3n) is 4.42. The van der Waals surface area contributed by atoms with Crippen molar-refractivity contribution in [1.29, 1.82) is 0 Å². The highest BCUT2D eigenvalue weighted by Gasteiger charge is 2.15. The molecule has 6 heteroatoms. The maximum absolute atomic E-state index is 12.6. The second kappa shape index (κ2) is 8.27. The van der Waals surface area contributed by atoms with Crippen LogP contribution in [-0.4, -0.2) is 14.3 Å². The Bertz CT molecular complexity index is 1080. The molecule has 0 aliphatic carbocycles. The van der Waals surface area contributed by atoms with Crippen molar-refractivity contribution in [3.05, 3.63) is 89.5 Å². The van der Waals surface area contributed by atoms with E-state index >= 15 is 0 Å². The first-order chi connectivity index (χ1) is 13.3. The Balaban J connectivity index is 1.67. The molecule has 0 radical (unpaired) electrons. The van der Waals surface area contributed by atoms with Crippen molar-refractivity contribution < 1.29 is 13.2 Å². The molecule has 0 heterocycles. The average Bonchev–Trinajstić information content (AvgIpc) is 2.66. The highest BCUT2D eigenvalue weighted by Crippen LogP contribution is 2.20. The van der Waals surface area contributed by atoms with Gasteiger partial charge in [-0.15, -0.1) is 0 Å². The van der Waals surface area contributed by atoms with Crippen molar-refractivity contribution in [3.8, 4) is 0 Å². The van der Waals surface area contributed by atoms with Crippen molar-refractivity contribution in [2.24, 2.45) is 0 Å². The summed E-state index contributed by atoms with van der Waals surface area (Å²) in [6, 6.07) is 20.9. The third kappa shape index (κ3) is 4.98. The van der Waals surface area contributed by atoms with Gasteiger partial charge in [0.1, 0.15) is 0 Å². The van der Waals surface area contributed by atoms with Gasteiger partial charge in [-0.1, -0.05) is 36.4 Å². The third-order valence-corrected chi connectivity index (χ3v) is 5.81. The highest BCUT2D eigenvalue weighted by molar-refractivity contribution is 7.92. The molecular formula is C22H22N2O3S. The van der Waals surface area contributed by atoms with Gasteiger partial charge in [-0.05, 0) is 66.9 Å². The molecule has 1 amide bonds. The van der Waals surface area contributed by atoms with Gasteiger partial charge in [-0.2, -0.15) is 0 Å². The Hall–Kier alpha value is -3.12. The van der Waals surface area contributed by atoms with E-state index in [4.69, 9.17) is 0 Å². The molecular weight excluding hydrogens is 372 g/mol. The van der Waals surface area contributed by atoms with Crippen molar-refractivity contribution in [2.45, 2.75) is 25.2 Å². The van der Waals surface area contributed by atoms with Gasteiger partial charge in [0.25, 0.3) is 10.0 Å². The first kappa shape index (κ1) is 19.6. The zero-order chi connectivity index (χ0) is 20.1. The fraction of sp³-hybridized carbons (Fsp3) is 0.136. The molecule has 0 bridgehead atoms. The van der Waals surface area contributed by atoms with E-state index in [2.05, 4.69) is 10.0 Å². The molecule has 0 atom stereocenters. The maximum Gasteiger partial charge on any atom is 0.261 e. The molecule has 3 aromatic carbocycles. The van der Waals surface area contributed by atoms with Gasteiger partial charge in [0, 0.05) is 11.4 Å². The van der Waals surface area contributed by atoms with Crippen LogP contribution in [-0.2, 0) is 21.2 Å². The van der Waals surface area contributed by atoms with Gasteiger partial charge < -0.3 is 5.32 Å². The summed E-state index contributed by atoms with van der Waals surface area (Å²) in [7, 11) is -3.70. The molecule has 0 aromatic heterocycles. The summed E-state index contributed by atoms with van der Waals surface area (Å²) < 4.78 is 27.7. The largest absolute Gasteiger partial charge is 0.326 e. The fourth-order valence-corrected chi connectivity index (χ4v) is 3.77. The van der Waals surface area contributed by atoms with Crippen LogP contribution < -0.4 is 10.0 Å². The van der Waals surface area contributed by atoms with Crippen LogP contribution in [0.25, 0.3) is 0 Å². The molecule has 0 fully saturated rings. The number of hydrogen-bond acceptors (Lipinski definition) is 3. The second-order valence-electron chi connectivity index (χ2n) is 6.64. The number of nitrogens with one attached hydrogen (secondary N) is 2. The smallest absolute Gasteiger partial charge is 0.261 e. The minimum Gasteiger partial charge on any atom is -0.326 e. The Labute approximate surface area is 165 Å². The Morgan fingerprint density at radius 3 is 2.11 bits per heavy atom. The molecule has 0 aliphatic heterocycles. The molecule has 2 N–H and O–H groups in total. The standard InChI is InChI=1S/C22H22N2O3S/c1-16-8-9-20(14-17(16)2)24-28(26,27)21-12-10-19(11-13-21)23-22(25)15-18-6-4-3-5-7-18/h3-14,24H,15H2,1-2H3,(H,23,25). The van der Waals surface area contributed by atoms with Crippen LogP contribution in [0.3, 0.4) is 0 Å². The van der Waals surface area contributed by atoms with Gasteiger partial charge >= 0.3 is 0 Å². The fourth-order valence-electron chi connectivity index (χ4n) is 2.72. The van der Waals surface area contributed by atoms with E-state index in [0.717, 1.165) is 16.7 Å². The van der Waals surface area contributed by atoms with Gasteiger partial charge in [-0.3, -0.25) is 9.52 Å². The number of sulfonamides is 1. The van der Waals surface area contributed by atoms with E-state index in [1.165, 1.54) is 12.1 Å². The Morgan fingerprint density at radius 2 is 1.46 bits per heavy atom. The van der Waals surface area contributed by atoms with E-state index in [9.17, 15) is 13.2 Å².